The van der Waals surface area contributed by atoms with Gasteiger partial charge in [0, 0.05) is 12.6 Å². The first-order valence-electron chi connectivity index (χ1n) is 4.25. The van der Waals surface area contributed by atoms with Gasteiger partial charge < -0.3 is 10.0 Å². The van der Waals surface area contributed by atoms with Crippen LogP contribution in [0.3, 0.4) is 0 Å². The van der Waals surface area contributed by atoms with Crippen molar-refractivity contribution < 1.29 is 9.90 Å². The minimum Gasteiger partial charge on any atom is -0.477 e. The fourth-order valence-electron chi connectivity index (χ4n) is 0.806. The number of thiazole rings is 1. The normalized spacial score (nSPS) is 11.4. The van der Waals surface area contributed by atoms with Crippen molar-refractivity contribution in [3.8, 4) is 0 Å². The third-order valence-corrected chi connectivity index (χ3v) is 3.06. The number of aromatic carboxylic acids is 1. The van der Waals surface area contributed by atoms with Crippen molar-refractivity contribution in [1.29, 1.82) is 0 Å². The largest absolute Gasteiger partial charge is 0.477 e. The molecule has 5 heteroatoms. The van der Waals surface area contributed by atoms with Gasteiger partial charge in [-0.05, 0) is 20.8 Å². The fraction of sp³-hybridized carbons (Fsp3) is 0.556. The standard InChI is InChI=1S/C9H14N2O2S/c1-9(2,3)11(4)8-10-5-6(14-8)7(12)13/h5H,1-4H3,(H,12,13). The predicted octanol–water partition coefficient (Wildman–Crippen LogP) is 2.08. The molecule has 1 N–H and O–H groups in total. The summed E-state index contributed by atoms with van der Waals surface area (Å²) in [5.41, 5.74) is -0.0480. The van der Waals surface area contributed by atoms with Gasteiger partial charge in [0.25, 0.3) is 0 Å². The van der Waals surface area contributed by atoms with Crippen LogP contribution in [0.4, 0.5) is 5.13 Å². The van der Waals surface area contributed by atoms with Crippen LogP contribution in [0.15, 0.2) is 6.20 Å². The monoisotopic (exact) mass is 214 g/mol. The van der Waals surface area contributed by atoms with E-state index in [1.165, 1.54) is 17.5 Å². The molecule has 0 saturated carbocycles. The van der Waals surface area contributed by atoms with Crippen LogP contribution in [0.2, 0.25) is 0 Å². The maximum atomic E-state index is 10.6. The molecule has 0 amide bonds. The highest BCUT2D eigenvalue weighted by Gasteiger charge is 2.21. The van der Waals surface area contributed by atoms with Gasteiger partial charge in [-0.2, -0.15) is 0 Å². The highest BCUT2D eigenvalue weighted by molar-refractivity contribution is 7.17. The van der Waals surface area contributed by atoms with Crippen LogP contribution in [-0.2, 0) is 0 Å². The van der Waals surface area contributed by atoms with Gasteiger partial charge in [0.1, 0.15) is 4.88 Å². The van der Waals surface area contributed by atoms with Gasteiger partial charge in [0.15, 0.2) is 5.13 Å². The number of aromatic nitrogens is 1. The van der Waals surface area contributed by atoms with E-state index < -0.39 is 5.97 Å². The van der Waals surface area contributed by atoms with Gasteiger partial charge in [-0.1, -0.05) is 11.3 Å². The third-order valence-electron chi connectivity index (χ3n) is 2.00. The summed E-state index contributed by atoms with van der Waals surface area (Å²) >= 11 is 1.19. The molecular formula is C9H14N2O2S. The van der Waals surface area contributed by atoms with Crippen molar-refractivity contribution in [2.24, 2.45) is 0 Å². The second kappa shape index (κ2) is 3.57. The molecule has 0 unspecified atom stereocenters. The molecule has 0 fully saturated rings. The number of carboxylic acids is 1. The number of rotatable bonds is 2. The maximum Gasteiger partial charge on any atom is 0.347 e. The smallest absolute Gasteiger partial charge is 0.347 e. The summed E-state index contributed by atoms with van der Waals surface area (Å²) in [5.74, 6) is -0.920. The van der Waals surface area contributed by atoms with Crippen LogP contribution in [-0.4, -0.2) is 28.6 Å². The van der Waals surface area contributed by atoms with Gasteiger partial charge in [0.2, 0.25) is 0 Å². The van der Waals surface area contributed by atoms with Crippen LogP contribution in [0.5, 0.6) is 0 Å². The van der Waals surface area contributed by atoms with Crippen LogP contribution in [0.1, 0.15) is 30.4 Å². The Kier molecular flexibility index (Phi) is 2.80. The van der Waals surface area contributed by atoms with Gasteiger partial charge >= 0.3 is 5.97 Å². The average Bonchev–Trinajstić information content (AvgIpc) is 2.48. The average molecular weight is 214 g/mol. The van der Waals surface area contributed by atoms with Gasteiger partial charge in [0.05, 0.1) is 6.20 Å². The Labute approximate surface area is 87.2 Å². The molecule has 1 heterocycles. The molecule has 0 radical (unpaired) electrons. The first-order chi connectivity index (χ1) is 6.32. The van der Waals surface area contributed by atoms with E-state index in [0.29, 0.717) is 0 Å². The van der Waals surface area contributed by atoms with E-state index in [1.54, 1.807) is 0 Å². The first-order valence-corrected chi connectivity index (χ1v) is 5.07. The molecule has 0 spiro atoms. The molecule has 1 aromatic rings. The Morgan fingerprint density at radius 2 is 2.14 bits per heavy atom. The molecule has 78 valence electrons. The summed E-state index contributed by atoms with van der Waals surface area (Å²) in [6, 6.07) is 0. The van der Waals surface area contributed by atoms with Crippen molar-refractivity contribution in [1.82, 2.24) is 4.98 Å². The predicted molar refractivity (Wildman–Crippen MR) is 57.2 cm³/mol. The number of carbonyl (C=O) groups is 1. The molecule has 0 aliphatic rings. The summed E-state index contributed by atoms with van der Waals surface area (Å²) in [5, 5.41) is 9.47. The summed E-state index contributed by atoms with van der Waals surface area (Å²) in [6.07, 6.45) is 1.39. The second-order valence-corrected chi connectivity index (χ2v) is 5.05. The van der Waals surface area contributed by atoms with E-state index in [0.717, 1.165) is 5.13 Å². The Hall–Kier alpha value is -1.10. The van der Waals surface area contributed by atoms with Gasteiger partial charge in [-0.15, -0.1) is 0 Å². The lowest BCUT2D eigenvalue weighted by Gasteiger charge is -2.31. The van der Waals surface area contributed by atoms with Crippen molar-refractivity contribution in [3.05, 3.63) is 11.1 Å². The highest BCUT2D eigenvalue weighted by Crippen LogP contribution is 2.26. The molecule has 0 saturated heterocycles. The number of carboxylic acid groups (broad SMARTS) is 1. The maximum absolute atomic E-state index is 10.6. The third kappa shape index (κ3) is 2.23. The molecular weight excluding hydrogens is 200 g/mol. The minimum atomic E-state index is -0.920. The van der Waals surface area contributed by atoms with Crippen molar-refractivity contribution in [2.75, 3.05) is 11.9 Å². The number of nitrogens with zero attached hydrogens (tertiary/aromatic N) is 2. The van der Waals surface area contributed by atoms with Crippen molar-refractivity contribution in [2.45, 2.75) is 26.3 Å². The lowest BCUT2D eigenvalue weighted by atomic mass is 10.1. The second-order valence-electron chi connectivity index (χ2n) is 4.04. The van der Waals surface area contributed by atoms with Gasteiger partial charge in [-0.3, -0.25) is 0 Å². The Morgan fingerprint density at radius 1 is 1.57 bits per heavy atom. The van der Waals surface area contributed by atoms with Crippen LogP contribution < -0.4 is 4.90 Å². The highest BCUT2D eigenvalue weighted by atomic mass is 32.1. The topological polar surface area (TPSA) is 53.4 Å². The number of hydrogen-bond donors (Lipinski definition) is 1. The zero-order valence-corrected chi connectivity index (χ0v) is 9.55. The van der Waals surface area contributed by atoms with E-state index in [4.69, 9.17) is 5.11 Å². The molecule has 1 rings (SSSR count). The summed E-state index contributed by atoms with van der Waals surface area (Å²) in [6.45, 7) is 6.15. The Morgan fingerprint density at radius 3 is 2.50 bits per heavy atom. The molecule has 0 aromatic carbocycles. The molecule has 0 atom stereocenters. The van der Waals surface area contributed by atoms with Crippen LogP contribution >= 0.6 is 11.3 Å². The Bertz CT molecular complexity index is 341. The number of anilines is 1. The zero-order valence-electron chi connectivity index (χ0n) is 8.74. The molecule has 0 aliphatic carbocycles. The lowest BCUT2D eigenvalue weighted by molar-refractivity contribution is 0.0702. The SMILES string of the molecule is CN(c1ncc(C(=O)O)s1)C(C)(C)C. The summed E-state index contributed by atoms with van der Waals surface area (Å²) in [4.78, 5) is 16.9. The lowest BCUT2D eigenvalue weighted by Crippen LogP contribution is -2.37. The fourth-order valence-corrected chi connectivity index (χ4v) is 1.71. The van der Waals surface area contributed by atoms with Crippen molar-refractivity contribution in [3.63, 3.8) is 0 Å². The summed E-state index contributed by atoms with van der Waals surface area (Å²) < 4.78 is 0. The zero-order chi connectivity index (χ0) is 10.9. The Balaban J connectivity index is 2.92. The van der Waals surface area contributed by atoms with E-state index >= 15 is 0 Å². The van der Waals surface area contributed by atoms with E-state index in [-0.39, 0.29) is 10.4 Å². The van der Waals surface area contributed by atoms with E-state index in [9.17, 15) is 4.79 Å². The molecule has 14 heavy (non-hydrogen) atoms. The van der Waals surface area contributed by atoms with Crippen LogP contribution in [0.25, 0.3) is 0 Å². The number of hydrogen-bond acceptors (Lipinski definition) is 4. The summed E-state index contributed by atoms with van der Waals surface area (Å²) in [7, 11) is 1.91. The molecule has 1 aromatic heterocycles. The molecule has 0 aliphatic heterocycles. The quantitative estimate of drug-likeness (QED) is 0.819. The molecule has 0 bridgehead atoms. The van der Waals surface area contributed by atoms with Crippen molar-refractivity contribution >= 4 is 22.4 Å². The van der Waals surface area contributed by atoms with Crippen LogP contribution in [0, 0.1) is 0 Å². The van der Waals surface area contributed by atoms with E-state index in [2.05, 4.69) is 25.8 Å². The first kappa shape index (κ1) is 11.0. The minimum absolute atomic E-state index is 0.0480. The van der Waals surface area contributed by atoms with Gasteiger partial charge in [-0.25, -0.2) is 9.78 Å². The molecule has 4 nitrogen and oxygen atoms in total. The van der Waals surface area contributed by atoms with E-state index in [1.807, 2.05) is 11.9 Å².